The summed E-state index contributed by atoms with van der Waals surface area (Å²) in [5, 5.41) is 0. The number of pyridine rings is 1. The molecule has 104 valence electrons. The molecule has 2 rings (SSSR count). The number of benzene rings is 1. The van der Waals surface area contributed by atoms with Gasteiger partial charge in [-0.05, 0) is 29.8 Å². The van der Waals surface area contributed by atoms with Crippen LogP contribution in [0.4, 0.5) is 13.2 Å². The molecule has 0 saturated heterocycles. The molecule has 0 aliphatic rings. The normalized spacial score (nSPS) is 11.2. The highest BCUT2D eigenvalue weighted by atomic mass is 19.4. The van der Waals surface area contributed by atoms with Crippen molar-refractivity contribution in [2.45, 2.75) is 6.18 Å². The highest BCUT2D eigenvalue weighted by Crippen LogP contribution is 2.33. The number of alkyl halides is 3. The molecule has 0 atom stereocenters. The van der Waals surface area contributed by atoms with Gasteiger partial charge in [-0.25, -0.2) is 0 Å². The van der Waals surface area contributed by atoms with Gasteiger partial charge in [0, 0.05) is 11.8 Å². The Labute approximate surface area is 114 Å². The monoisotopic (exact) mass is 279 g/mol. The molecule has 0 bridgehead atoms. The summed E-state index contributed by atoms with van der Waals surface area (Å²) in [5.41, 5.74) is 1.10. The Bertz CT molecular complexity index is 618. The molecule has 0 saturated carbocycles. The Balaban J connectivity index is 2.48. The minimum absolute atomic E-state index is 0.415. The van der Waals surface area contributed by atoms with Gasteiger partial charge in [-0.1, -0.05) is 18.7 Å². The van der Waals surface area contributed by atoms with Crippen LogP contribution in [0.1, 0.15) is 11.1 Å². The molecule has 1 aromatic carbocycles. The molecule has 5 heteroatoms. The SMILES string of the molecule is C=Cc1ccc(OC)c(-c2ccc(C(F)(F)F)cn2)c1. The number of ether oxygens (including phenoxy) is 1. The molecule has 0 fully saturated rings. The van der Waals surface area contributed by atoms with Gasteiger partial charge in [0.2, 0.25) is 0 Å². The summed E-state index contributed by atoms with van der Waals surface area (Å²) in [4.78, 5) is 3.87. The van der Waals surface area contributed by atoms with Crippen LogP contribution in [-0.2, 0) is 6.18 Å². The molecule has 0 radical (unpaired) electrons. The molecule has 0 amide bonds. The summed E-state index contributed by atoms with van der Waals surface area (Å²) in [7, 11) is 1.50. The Morgan fingerprint density at radius 3 is 2.45 bits per heavy atom. The summed E-state index contributed by atoms with van der Waals surface area (Å²) >= 11 is 0. The molecule has 0 aliphatic carbocycles. The van der Waals surface area contributed by atoms with Crippen molar-refractivity contribution in [2.24, 2.45) is 0 Å². The molecule has 0 aliphatic heterocycles. The highest BCUT2D eigenvalue weighted by molar-refractivity contribution is 5.70. The number of nitrogens with zero attached hydrogens (tertiary/aromatic N) is 1. The van der Waals surface area contributed by atoms with Crippen molar-refractivity contribution < 1.29 is 17.9 Å². The van der Waals surface area contributed by atoms with E-state index in [9.17, 15) is 13.2 Å². The standard InChI is InChI=1S/C15H12F3NO/c1-3-10-4-7-14(20-2)12(8-10)13-6-5-11(9-19-13)15(16,17)18/h3-9H,1H2,2H3. The van der Waals surface area contributed by atoms with Gasteiger partial charge in [-0.2, -0.15) is 13.2 Å². The summed E-state index contributed by atoms with van der Waals surface area (Å²) < 4.78 is 42.7. The van der Waals surface area contributed by atoms with E-state index in [1.54, 1.807) is 24.3 Å². The zero-order valence-corrected chi connectivity index (χ0v) is 10.7. The molecule has 1 aromatic heterocycles. The molecule has 2 aromatic rings. The quantitative estimate of drug-likeness (QED) is 0.829. The van der Waals surface area contributed by atoms with Crippen LogP contribution in [-0.4, -0.2) is 12.1 Å². The van der Waals surface area contributed by atoms with Gasteiger partial charge in [0.15, 0.2) is 0 Å². The minimum Gasteiger partial charge on any atom is -0.496 e. The van der Waals surface area contributed by atoms with E-state index in [1.165, 1.54) is 13.2 Å². The van der Waals surface area contributed by atoms with Crippen molar-refractivity contribution in [3.8, 4) is 17.0 Å². The molecule has 0 spiro atoms. The van der Waals surface area contributed by atoms with E-state index >= 15 is 0 Å². The Hall–Kier alpha value is -2.30. The largest absolute Gasteiger partial charge is 0.496 e. The zero-order valence-electron chi connectivity index (χ0n) is 10.7. The molecule has 2 nitrogen and oxygen atoms in total. The first-order valence-electron chi connectivity index (χ1n) is 5.80. The van der Waals surface area contributed by atoms with Crippen molar-refractivity contribution in [3.63, 3.8) is 0 Å². The van der Waals surface area contributed by atoms with E-state index in [1.807, 2.05) is 0 Å². The van der Waals surface area contributed by atoms with Crippen molar-refractivity contribution in [1.82, 2.24) is 4.98 Å². The van der Waals surface area contributed by atoms with E-state index in [-0.39, 0.29) is 0 Å². The summed E-state index contributed by atoms with van der Waals surface area (Å²) in [6, 6.07) is 7.63. The number of hydrogen-bond donors (Lipinski definition) is 0. The summed E-state index contributed by atoms with van der Waals surface area (Å²) in [5.74, 6) is 0.544. The fraction of sp³-hybridized carbons (Fsp3) is 0.133. The zero-order chi connectivity index (χ0) is 14.8. The van der Waals surface area contributed by atoms with Gasteiger partial charge < -0.3 is 4.74 Å². The average Bonchev–Trinajstić information content (AvgIpc) is 2.45. The van der Waals surface area contributed by atoms with Crippen LogP contribution in [0.15, 0.2) is 43.1 Å². The molecule has 0 unspecified atom stereocenters. The lowest BCUT2D eigenvalue weighted by Gasteiger charge is -2.10. The summed E-state index contributed by atoms with van der Waals surface area (Å²) in [6.45, 7) is 3.66. The Morgan fingerprint density at radius 2 is 1.95 bits per heavy atom. The maximum absolute atomic E-state index is 12.5. The smallest absolute Gasteiger partial charge is 0.417 e. The van der Waals surface area contributed by atoms with Crippen LogP contribution in [0.5, 0.6) is 5.75 Å². The second kappa shape index (κ2) is 5.36. The van der Waals surface area contributed by atoms with Gasteiger partial charge in [0.05, 0.1) is 18.4 Å². The van der Waals surface area contributed by atoms with Crippen LogP contribution < -0.4 is 4.74 Å². The second-order valence-corrected chi connectivity index (χ2v) is 4.09. The molecule has 0 N–H and O–H groups in total. The number of rotatable bonds is 3. The highest BCUT2D eigenvalue weighted by Gasteiger charge is 2.30. The lowest BCUT2D eigenvalue weighted by Crippen LogP contribution is -2.05. The second-order valence-electron chi connectivity index (χ2n) is 4.09. The third-order valence-corrected chi connectivity index (χ3v) is 2.83. The van der Waals surface area contributed by atoms with Gasteiger partial charge >= 0.3 is 6.18 Å². The lowest BCUT2D eigenvalue weighted by atomic mass is 10.1. The maximum atomic E-state index is 12.5. The van der Waals surface area contributed by atoms with Crippen LogP contribution in [0, 0.1) is 0 Å². The molecule has 20 heavy (non-hydrogen) atoms. The molecular formula is C15H12F3NO. The van der Waals surface area contributed by atoms with E-state index in [0.717, 1.165) is 17.8 Å². The number of methoxy groups -OCH3 is 1. The van der Waals surface area contributed by atoms with Gasteiger partial charge in [0.1, 0.15) is 5.75 Å². The first kappa shape index (κ1) is 14.1. The average molecular weight is 279 g/mol. The fourth-order valence-corrected chi connectivity index (χ4v) is 1.77. The van der Waals surface area contributed by atoms with Crippen molar-refractivity contribution in [2.75, 3.05) is 7.11 Å². The van der Waals surface area contributed by atoms with Crippen molar-refractivity contribution in [1.29, 1.82) is 0 Å². The Morgan fingerprint density at radius 1 is 1.20 bits per heavy atom. The third kappa shape index (κ3) is 2.82. The number of aromatic nitrogens is 1. The van der Waals surface area contributed by atoms with Crippen LogP contribution >= 0.6 is 0 Å². The van der Waals surface area contributed by atoms with Crippen molar-refractivity contribution >= 4 is 6.08 Å². The predicted octanol–water partition coefficient (Wildman–Crippen LogP) is 4.42. The Kier molecular flexibility index (Phi) is 3.79. The van der Waals surface area contributed by atoms with Crippen molar-refractivity contribution in [3.05, 3.63) is 54.2 Å². The van der Waals surface area contributed by atoms with Gasteiger partial charge in [0.25, 0.3) is 0 Å². The van der Waals surface area contributed by atoms with Gasteiger partial charge in [-0.3, -0.25) is 4.98 Å². The van der Waals surface area contributed by atoms with Gasteiger partial charge in [-0.15, -0.1) is 0 Å². The van der Waals surface area contributed by atoms with Crippen LogP contribution in [0.2, 0.25) is 0 Å². The summed E-state index contributed by atoms with van der Waals surface area (Å²) in [6.07, 6.45) is -1.93. The fourth-order valence-electron chi connectivity index (χ4n) is 1.77. The first-order valence-corrected chi connectivity index (χ1v) is 5.80. The van der Waals surface area contributed by atoms with E-state index in [2.05, 4.69) is 11.6 Å². The molecule has 1 heterocycles. The van der Waals surface area contributed by atoms with E-state index in [0.29, 0.717) is 17.0 Å². The van der Waals surface area contributed by atoms with Crippen LogP contribution in [0.25, 0.3) is 17.3 Å². The van der Waals surface area contributed by atoms with Crippen LogP contribution in [0.3, 0.4) is 0 Å². The maximum Gasteiger partial charge on any atom is 0.417 e. The van der Waals surface area contributed by atoms with E-state index in [4.69, 9.17) is 4.74 Å². The predicted molar refractivity (Wildman–Crippen MR) is 71.3 cm³/mol. The minimum atomic E-state index is -4.39. The topological polar surface area (TPSA) is 22.1 Å². The van der Waals surface area contributed by atoms with E-state index < -0.39 is 11.7 Å². The first-order chi connectivity index (χ1) is 9.45. The molecular weight excluding hydrogens is 267 g/mol. The number of hydrogen-bond acceptors (Lipinski definition) is 2. The number of halogens is 3. The third-order valence-electron chi connectivity index (χ3n) is 2.83. The lowest BCUT2D eigenvalue weighted by molar-refractivity contribution is -0.137.